The summed E-state index contributed by atoms with van der Waals surface area (Å²) in [4.78, 5) is 15.6. The second kappa shape index (κ2) is 15.8. The van der Waals surface area contributed by atoms with Crippen LogP contribution in [0.1, 0.15) is 86.5 Å². The van der Waals surface area contributed by atoms with Crippen LogP contribution in [-0.4, -0.2) is 21.2 Å². The van der Waals surface area contributed by atoms with E-state index in [0.29, 0.717) is 0 Å². The first-order valence-electron chi connectivity index (χ1n) is 25.1. The van der Waals surface area contributed by atoms with Gasteiger partial charge in [0, 0.05) is 45.9 Å². The monoisotopic (exact) mass is 917 g/mol. The van der Waals surface area contributed by atoms with Crippen molar-refractivity contribution in [3.05, 3.63) is 227 Å². The molecule has 13 rings (SSSR count). The number of aromatic nitrogens is 3. The highest BCUT2D eigenvalue weighted by molar-refractivity contribution is 7.00. The van der Waals surface area contributed by atoms with Crippen LogP contribution < -0.4 is 26.2 Å². The van der Waals surface area contributed by atoms with E-state index < -0.39 is 0 Å². The number of para-hydroxylation sites is 3. The molecule has 71 heavy (non-hydrogen) atoms. The molecular weight excluding hydrogens is 862 g/mol. The lowest BCUT2D eigenvalue weighted by Gasteiger charge is -2.44. The number of rotatable bonds is 5. The number of hydrogen-bond donors (Lipinski definition) is 0. The molecule has 0 amide bonds. The van der Waals surface area contributed by atoms with E-state index in [1.807, 2.05) is 12.3 Å². The fourth-order valence-electron chi connectivity index (χ4n) is 12.0. The molecule has 10 aromatic rings. The number of aryl methyl sites for hydroxylation is 2. The zero-order valence-corrected chi connectivity index (χ0v) is 41.8. The summed E-state index contributed by atoms with van der Waals surface area (Å²) in [6.45, 7) is 18.1. The van der Waals surface area contributed by atoms with Gasteiger partial charge in [0.2, 0.25) is 0 Å². The van der Waals surface area contributed by atoms with E-state index in [1.165, 1.54) is 89.3 Å². The Morgan fingerprint density at radius 3 is 1.76 bits per heavy atom. The summed E-state index contributed by atoms with van der Waals surface area (Å²) in [5.74, 6) is 0.927. The van der Waals surface area contributed by atoms with Gasteiger partial charge in [-0.3, -0.25) is 9.55 Å². The van der Waals surface area contributed by atoms with Gasteiger partial charge in [0.1, 0.15) is 5.82 Å². The largest absolute Gasteiger partial charge is 0.311 e. The van der Waals surface area contributed by atoms with Gasteiger partial charge in [-0.1, -0.05) is 145 Å². The maximum atomic E-state index is 5.50. The average Bonchev–Trinajstić information content (AvgIpc) is 3.91. The topological polar surface area (TPSA) is 37.2 Å². The first-order chi connectivity index (χ1) is 34.3. The van der Waals surface area contributed by atoms with Crippen LogP contribution >= 0.6 is 0 Å². The Balaban J connectivity index is 1.12. The zero-order chi connectivity index (χ0) is 48.5. The third-order valence-corrected chi connectivity index (χ3v) is 15.5. The quantitative estimate of drug-likeness (QED) is 0.161. The van der Waals surface area contributed by atoms with Crippen LogP contribution in [0.15, 0.2) is 188 Å². The molecule has 0 spiro atoms. The lowest BCUT2D eigenvalue weighted by atomic mass is 9.33. The average molecular weight is 918 g/mol. The Morgan fingerprint density at radius 1 is 0.493 bits per heavy atom. The lowest BCUT2D eigenvalue weighted by Crippen LogP contribution is -2.61. The maximum Gasteiger partial charge on any atom is 0.252 e. The first kappa shape index (κ1) is 43.1. The number of imidazole rings is 1. The molecule has 2 aliphatic heterocycles. The number of benzene rings is 8. The van der Waals surface area contributed by atoms with Crippen molar-refractivity contribution in [1.29, 1.82) is 0 Å². The summed E-state index contributed by atoms with van der Waals surface area (Å²) >= 11 is 0. The van der Waals surface area contributed by atoms with Gasteiger partial charge in [-0.05, 0) is 164 Å². The van der Waals surface area contributed by atoms with Gasteiger partial charge in [0.15, 0.2) is 0 Å². The third-order valence-electron chi connectivity index (χ3n) is 15.5. The van der Waals surface area contributed by atoms with E-state index in [-0.39, 0.29) is 23.5 Å². The summed E-state index contributed by atoms with van der Waals surface area (Å²) in [5.41, 5.74) is 26.4. The molecule has 4 heterocycles. The Kier molecular flexibility index (Phi) is 9.58. The van der Waals surface area contributed by atoms with Crippen molar-refractivity contribution in [2.75, 3.05) is 9.80 Å². The Hall–Kier alpha value is -7.96. The summed E-state index contributed by atoms with van der Waals surface area (Å²) in [6, 6.07) is 68.2. The van der Waals surface area contributed by atoms with E-state index in [4.69, 9.17) is 9.97 Å². The van der Waals surface area contributed by atoms with Crippen molar-refractivity contribution in [2.24, 2.45) is 0 Å². The molecule has 0 N–H and O–H groups in total. The van der Waals surface area contributed by atoms with Crippen LogP contribution in [0.25, 0.3) is 39.2 Å². The molecule has 8 aromatic carbocycles. The molecule has 6 heteroatoms. The van der Waals surface area contributed by atoms with Gasteiger partial charge in [0.05, 0.1) is 28.3 Å². The van der Waals surface area contributed by atoms with E-state index >= 15 is 0 Å². The lowest BCUT2D eigenvalue weighted by molar-refractivity contribution is 0.590. The van der Waals surface area contributed by atoms with Gasteiger partial charge >= 0.3 is 0 Å². The molecule has 1 aliphatic carbocycles. The molecule has 2 aromatic heterocycles. The molecular formula is C65H56BN5. The van der Waals surface area contributed by atoms with Crippen molar-refractivity contribution in [3.8, 4) is 28.2 Å². The molecule has 5 nitrogen and oxygen atoms in total. The van der Waals surface area contributed by atoms with E-state index in [2.05, 4.69) is 246 Å². The van der Waals surface area contributed by atoms with Crippen LogP contribution in [-0.2, 0) is 10.8 Å². The number of fused-ring (bicyclic) bond motifs is 8. The standard InChI is InChI=1S/C65H56BN5/c1-40-17-15-18-41(2)62(40)71-56-23-12-11-21-53(56)68-63(71)42-26-35-55-51(37-42)66-52-38-50-49(47-19-9-10-20-48(47)60(50)54-22-13-14-36-67-54)39-59(52)70(46-33-29-44(30-34-46)65(6,7)8)58-25-16-24-57(61(58)66)69(55)45-31-27-43(28-32-45)64(3,4)5/h9-39,60H,1-8H3. The molecule has 344 valence electrons. The maximum absolute atomic E-state index is 5.50. The minimum Gasteiger partial charge on any atom is -0.311 e. The summed E-state index contributed by atoms with van der Waals surface area (Å²) in [5, 5.41) is 0. The highest BCUT2D eigenvalue weighted by Gasteiger charge is 2.45. The zero-order valence-electron chi connectivity index (χ0n) is 41.8. The van der Waals surface area contributed by atoms with E-state index in [9.17, 15) is 0 Å². The Morgan fingerprint density at radius 2 is 1.10 bits per heavy atom. The Labute approximate surface area is 418 Å². The summed E-state index contributed by atoms with van der Waals surface area (Å²) in [7, 11) is 0. The summed E-state index contributed by atoms with van der Waals surface area (Å²) in [6.07, 6.45) is 1.94. The normalized spacial score (nSPS) is 14.5. The Bertz CT molecular complexity index is 3740. The first-order valence-corrected chi connectivity index (χ1v) is 25.1. The smallest absolute Gasteiger partial charge is 0.252 e. The van der Waals surface area contributed by atoms with Gasteiger partial charge in [-0.15, -0.1) is 0 Å². The molecule has 1 atom stereocenters. The molecule has 0 radical (unpaired) electrons. The molecule has 0 saturated heterocycles. The van der Waals surface area contributed by atoms with Gasteiger partial charge in [-0.2, -0.15) is 0 Å². The fraction of sp³-hybridized carbons (Fsp3) is 0.169. The fourth-order valence-corrected chi connectivity index (χ4v) is 12.0. The second-order valence-electron chi connectivity index (χ2n) is 22.0. The minimum absolute atomic E-state index is 0.00616. The number of hydrogen-bond acceptors (Lipinski definition) is 4. The summed E-state index contributed by atoms with van der Waals surface area (Å²) < 4.78 is 2.40. The van der Waals surface area contributed by atoms with Gasteiger partial charge in [0.25, 0.3) is 6.71 Å². The van der Waals surface area contributed by atoms with Crippen LogP contribution in [0.5, 0.6) is 0 Å². The van der Waals surface area contributed by atoms with Crippen LogP contribution in [0.2, 0.25) is 0 Å². The van der Waals surface area contributed by atoms with Crippen molar-refractivity contribution in [1.82, 2.24) is 14.5 Å². The molecule has 1 unspecified atom stereocenters. The van der Waals surface area contributed by atoms with E-state index in [1.54, 1.807) is 0 Å². The highest BCUT2D eigenvalue weighted by Crippen LogP contribution is 2.52. The highest BCUT2D eigenvalue weighted by atomic mass is 15.2. The van der Waals surface area contributed by atoms with Crippen molar-refractivity contribution in [3.63, 3.8) is 0 Å². The van der Waals surface area contributed by atoms with Gasteiger partial charge < -0.3 is 9.80 Å². The SMILES string of the molecule is Cc1cccc(C)c1-n1c(-c2ccc3c(c2)B2c4cc5c(cc4N(c4ccc(C(C)(C)C)cc4)c4cccc(c42)N3c2ccc(C(C)(C)C)cc2)-c2ccccc2C5c2ccccn2)nc2ccccc21. The third kappa shape index (κ3) is 6.68. The van der Waals surface area contributed by atoms with Crippen molar-refractivity contribution < 1.29 is 0 Å². The molecule has 0 bridgehead atoms. The van der Waals surface area contributed by atoms with Crippen LogP contribution in [0, 0.1) is 13.8 Å². The molecule has 0 saturated carbocycles. The number of nitrogens with zero attached hydrogens (tertiary/aromatic N) is 5. The second-order valence-corrected chi connectivity index (χ2v) is 22.0. The minimum atomic E-state index is -0.113. The molecule has 3 aliphatic rings. The van der Waals surface area contributed by atoms with Crippen molar-refractivity contribution >= 4 is 68.3 Å². The molecule has 0 fully saturated rings. The predicted octanol–water partition coefficient (Wildman–Crippen LogP) is 14.5. The van der Waals surface area contributed by atoms with Crippen LogP contribution in [0.4, 0.5) is 34.1 Å². The predicted molar refractivity (Wildman–Crippen MR) is 298 cm³/mol. The van der Waals surface area contributed by atoms with Crippen molar-refractivity contribution in [2.45, 2.75) is 72.1 Å². The number of anilines is 6. The van der Waals surface area contributed by atoms with E-state index in [0.717, 1.165) is 39.5 Å². The van der Waals surface area contributed by atoms with Crippen LogP contribution in [0.3, 0.4) is 0 Å². The van der Waals surface area contributed by atoms with Gasteiger partial charge in [-0.25, -0.2) is 4.98 Å². The number of pyridine rings is 1.